The Balaban J connectivity index is 1.79. The Kier molecular flexibility index (Phi) is 4.69. The molecule has 2 aliphatic rings. The summed E-state index contributed by atoms with van der Waals surface area (Å²) in [5, 5.41) is 2.57. The van der Waals surface area contributed by atoms with E-state index in [4.69, 9.17) is 4.74 Å². The minimum absolute atomic E-state index is 0.0934. The lowest BCUT2D eigenvalue weighted by molar-refractivity contribution is -0.124. The Morgan fingerprint density at radius 2 is 2.12 bits per heavy atom. The van der Waals surface area contributed by atoms with Gasteiger partial charge in [-0.2, -0.15) is 0 Å². The molecule has 0 saturated carbocycles. The van der Waals surface area contributed by atoms with Crippen molar-refractivity contribution in [3.63, 3.8) is 0 Å². The van der Waals surface area contributed by atoms with Crippen molar-refractivity contribution < 1.29 is 31.2 Å². The van der Waals surface area contributed by atoms with Gasteiger partial charge in [-0.15, -0.1) is 0 Å². The van der Waals surface area contributed by atoms with Crippen molar-refractivity contribution in [2.75, 3.05) is 16.8 Å². The molecule has 2 N–H and O–H groups in total. The average molecular weight is 402 g/mol. The molecule has 11 heteroatoms. The van der Waals surface area contributed by atoms with E-state index in [9.17, 15) is 26.4 Å². The summed E-state index contributed by atoms with van der Waals surface area (Å²) in [6.07, 6.45) is -0.0871. The highest BCUT2D eigenvalue weighted by Gasteiger charge is 2.35. The number of ether oxygens (including phenoxy) is 1. The van der Waals surface area contributed by atoms with Crippen molar-refractivity contribution >= 4 is 37.4 Å². The molecule has 2 atom stereocenters. The van der Waals surface area contributed by atoms with Crippen LogP contribution in [0.2, 0.25) is 0 Å². The van der Waals surface area contributed by atoms with E-state index in [1.807, 2.05) is 4.72 Å². The van der Waals surface area contributed by atoms with Crippen LogP contribution >= 0.6 is 0 Å². The zero-order valence-electron chi connectivity index (χ0n) is 13.9. The Bertz CT molecular complexity index is 970. The minimum Gasteiger partial charge on any atom is -0.478 e. The molecule has 2 amide bonds. The molecular formula is C15H18N2O7S2. The number of hydrogen-bond donors (Lipinski definition) is 2. The molecule has 1 fully saturated rings. The predicted molar refractivity (Wildman–Crippen MR) is 91.9 cm³/mol. The number of nitrogens with one attached hydrogen (secondary N) is 2. The van der Waals surface area contributed by atoms with E-state index < -0.39 is 37.8 Å². The third-order valence-electron chi connectivity index (χ3n) is 4.29. The summed E-state index contributed by atoms with van der Waals surface area (Å²) in [6.45, 7) is 1.78. The van der Waals surface area contributed by atoms with Gasteiger partial charge < -0.3 is 10.1 Å². The largest absolute Gasteiger partial charge is 0.478 e. The van der Waals surface area contributed by atoms with Gasteiger partial charge in [0, 0.05) is 0 Å². The molecule has 0 spiro atoms. The van der Waals surface area contributed by atoms with Crippen LogP contribution in [0.1, 0.15) is 19.8 Å². The fourth-order valence-electron chi connectivity index (χ4n) is 2.84. The molecule has 0 aromatic heterocycles. The van der Waals surface area contributed by atoms with E-state index in [1.165, 1.54) is 18.2 Å². The van der Waals surface area contributed by atoms with Crippen LogP contribution in [0.15, 0.2) is 23.1 Å². The highest BCUT2D eigenvalue weighted by Crippen LogP contribution is 2.32. The van der Waals surface area contributed by atoms with E-state index in [1.54, 1.807) is 6.92 Å². The van der Waals surface area contributed by atoms with Crippen LogP contribution in [-0.2, 0) is 29.4 Å². The topological polar surface area (TPSA) is 136 Å². The van der Waals surface area contributed by atoms with Crippen molar-refractivity contribution in [1.29, 1.82) is 0 Å². The van der Waals surface area contributed by atoms with E-state index in [2.05, 4.69) is 5.32 Å². The standard InChI is InChI=1S/C15H18N2O7S2/c1-2-12-15(19)16-11-7-10(3-4-13(11)24-12)26(22,23)17-14(18)9-5-6-25(20,21)8-9/h3-4,7,9,12H,2,5-6,8H2,1H3,(H,16,19)(H,17,18)/t9-,12-/m0/s1. The Morgan fingerprint density at radius 1 is 1.38 bits per heavy atom. The number of amides is 2. The lowest BCUT2D eigenvalue weighted by Gasteiger charge is -2.25. The van der Waals surface area contributed by atoms with E-state index >= 15 is 0 Å². The smallest absolute Gasteiger partial charge is 0.265 e. The number of sulfonamides is 1. The first-order chi connectivity index (χ1) is 12.1. The second-order valence-corrected chi connectivity index (χ2v) is 10.1. The average Bonchev–Trinajstić information content (AvgIpc) is 2.93. The summed E-state index contributed by atoms with van der Waals surface area (Å²) in [7, 11) is -7.51. The second kappa shape index (κ2) is 6.54. The summed E-state index contributed by atoms with van der Waals surface area (Å²) in [5.74, 6) is -2.28. The van der Waals surface area contributed by atoms with Gasteiger partial charge in [0.1, 0.15) is 5.75 Å². The first-order valence-corrected chi connectivity index (χ1v) is 11.3. The van der Waals surface area contributed by atoms with Crippen LogP contribution in [0.5, 0.6) is 5.75 Å². The van der Waals surface area contributed by atoms with Crippen molar-refractivity contribution in [2.45, 2.75) is 30.8 Å². The number of rotatable bonds is 4. The van der Waals surface area contributed by atoms with Crippen molar-refractivity contribution in [3.05, 3.63) is 18.2 Å². The zero-order valence-corrected chi connectivity index (χ0v) is 15.5. The lowest BCUT2D eigenvalue weighted by Crippen LogP contribution is -2.37. The quantitative estimate of drug-likeness (QED) is 0.725. The van der Waals surface area contributed by atoms with E-state index in [0.29, 0.717) is 12.2 Å². The maximum atomic E-state index is 12.4. The lowest BCUT2D eigenvalue weighted by atomic mass is 10.1. The molecule has 1 saturated heterocycles. The normalized spacial score (nSPS) is 24.3. The number of anilines is 1. The van der Waals surface area contributed by atoms with Crippen LogP contribution in [0.25, 0.3) is 0 Å². The molecule has 0 radical (unpaired) electrons. The molecular weight excluding hydrogens is 384 g/mol. The van der Waals surface area contributed by atoms with E-state index in [-0.39, 0.29) is 34.4 Å². The Hall–Kier alpha value is -2.14. The Labute approximate surface area is 151 Å². The SMILES string of the molecule is CC[C@@H]1Oc2ccc(S(=O)(=O)NC(=O)[C@H]3CCS(=O)(=O)C3)cc2NC1=O. The predicted octanol–water partition coefficient (Wildman–Crippen LogP) is 0.0357. The van der Waals surface area contributed by atoms with Crippen LogP contribution in [0, 0.1) is 5.92 Å². The molecule has 1 aromatic rings. The van der Waals surface area contributed by atoms with Crippen LogP contribution < -0.4 is 14.8 Å². The molecule has 142 valence electrons. The van der Waals surface area contributed by atoms with Gasteiger partial charge in [0.15, 0.2) is 15.9 Å². The number of sulfone groups is 1. The molecule has 0 bridgehead atoms. The first kappa shape index (κ1) is 18.6. The number of hydrogen-bond acceptors (Lipinski definition) is 7. The van der Waals surface area contributed by atoms with Gasteiger partial charge in [0.25, 0.3) is 15.9 Å². The highest BCUT2D eigenvalue weighted by molar-refractivity contribution is 7.91. The fourth-order valence-corrected chi connectivity index (χ4v) is 5.65. The fraction of sp³-hybridized carbons (Fsp3) is 0.467. The number of fused-ring (bicyclic) bond motifs is 1. The summed E-state index contributed by atoms with van der Waals surface area (Å²) in [5.41, 5.74) is 0.193. The van der Waals surface area contributed by atoms with Crippen LogP contribution in [0.4, 0.5) is 5.69 Å². The van der Waals surface area contributed by atoms with Crippen molar-refractivity contribution in [1.82, 2.24) is 4.72 Å². The van der Waals surface area contributed by atoms with Gasteiger partial charge in [0.05, 0.1) is 28.0 Å². The zero-order chi connectivity index (χ0) is 19.1. The maximum Gasteiger partial charge on any atom is 0.265 e. The van der Waals surface area contributed by atoms with Gasteiger partial charge in [-0.25, -0.2) is 21.6 Å². The van der Waals surface area contributed by atoms with Crippen molar-refractivity contribution in [2.24, 2.45) is 5.92 Å². The van der Waals surface area contributed by atoms with Gasteiger partial charge in [0.2, 0.25) is 5.91 Å². The molecule has 0 unspecified atom stereocenters. The van der Waals surface area contributed by atoms with Crippen LogP contribution in [-0.4, -0.2) is 46.3 Å². The second-order valence-electron chi connectivity index (χ2n) is 6.23. The van der Waals surface area contributed by atoms with Gasteiger partial charge in [-0.05, 0) is 31.0 Å². The molecule has 26 heavy (non-hydrogen) atoms. The summed E-state index contributed by atoms with van der Waals surface area (Å²) < 4.78 is 55.1. The Morgan fingerprint density at radius 3 is 2.73 bits per heavy atom. The van der Waals surface area contributed by atoms with E-state index in [0.717, 1.165) is 0 Å². The monoisotopic (exact) mass is 402 g/mol. The molecule has 2 heterocycles. The number of carbonyl (C=O) groups is 2. The molecule has 3 rings (SSSR count). The summed E-state index contributed by atoms with van der Waals surface area (Å²) >= 11 is 0. The maximum absolute atomic E-state index is 12.4. The third-order valence-corrected chi connectivity index (χ3v) is 7.40. The first-order valence-electron chi connectivity index (χ1n) is 8.00. The summed E-state index contributed by atoms with van der Waals surface area (Å²) in [4.78, 5) is 23.7. The van der Waals surface area contributed by atoms with Gasteiger partial charge in [-0.1, -0.05) is 6.92 Å². The van der Waals surface area contributed by atoms with Crippen LogP contribution in [0.3, 0.4) is 0 Å². The number of benzene rings is 1. The molecule has 2 aliphatic heterocycles. The minimum atomic E-state index is -4.21. The third kappa shape index (κ3) is 3.68. The molecule has 9 nitrogen and oxygen atoms in total. The number of carbonyl (C=O) groups excluding carboxylic acids is 2. The van der Waals surface area contributed by atoms with Gasteiger partial charge in [-0.3, -0.25) is 9.59 Å². The molecule has 1 aromatic carbocycles. The van der Waals surface area contributed by atoms with Crippen molar-refractivity contribution in [3.8, 4) is 5.75 Å². The summed E-state index contributed by atoms with van der Waals surface area (Å²) in [6, 6.07) is 3.85. The van der Waals surface area contributed by atoms with Gasteiger partial charge >= 0.3 is 0 Å². The highest BCUT2D eigenvalue weighted by atomic mass is 32.2. The molecule has 0 aliphatic carbocycles.